The first kappa shape index (κ1) is 8.01. The second-order valence-corrected chi connectivity index (χ2v) is 2.34. The molecule has 3 nitrogen and oxygen atoms in total. The molecule has 11 heavy (non-hydrogen) atoms. The van der Waals surface area contributed by atoms with Crippen LogP contribution in [0.5, 0.6) is 0 Å². The summed E-state index contributed by atoms with van der Waals surface area (Å²) in [5.74, 6) is 0. The number of carbonyl (C=O) groups is 1. The number of nitrogens with one attached hydrogen (secondary N) is 1. The van der Waals surface area contributed by atoms with E-state index in [-0.39, 0.29) is 6.10 Å². The third kappa shape index (κ3) is 1.49. The SMILES string of the molecule is COC(C)c1cc[nH]c1C=O. The summed E-state index contributed by atoms with van der Waals surface area (Å²) >= 11 is 0. The van der Waals surface area contributed by atoms with Crippen molar-refractivity contribution in [3.8, 4) is 0 Å². The lowest BCUT2D eigenvalue weighted by Gasteiger charge is -2.06. The molecule has 1 rings (SSSR count). The van der Waals surface area contributed by atoms with Crippen molar-refractivity contribution in [3.63, 3.8) is 0 Å². The summed E-state index contributed by atoms with van der Waals surface area (Å²) in [4.78, 5) is 13.2. The van der Waals surface area contributed by atoms with Crippen LogP contribution in [-0.4, -0.2) is 18.4 Å². The highest BCUT2D eigenvalue weighted by Crippen LogP contribution is 2.17. The van der Waals surface area contributed by atoms with Gasteiger partial charge in [0, 0.05) is 18.9 Å². The lowest BCUT2D eigenvalue weighted by molar-refractivity contribution is 0.108. The summed E-state index contributed by atoms with van der Waals surface area (Å²) in [6.07, 6.45) is 2.50. The molecule has 60 valence electrons. The number of aromatic nitrogens is 1. The first-order chi connectivity index (χ1) is 5.29. The Morgan fingerprint density at radius 2 is 2.45 bits per heavy atom. The van der Waals surface area contributed by atoms with E-state index in [1.165, 1.54) is 0 Å². The van der Waals surface area contributed by atoms with Crippen molar-refractivity contribution in [1.82, 2.24) is 4.98 Å². The molecule has 0 aliphatic carbocycles. The van der Waals surface area contributed by atoms with Gasteiger partial charge in [-0.2, -0.15) is 0 Å². The molecule has 0 bridgehead atoms. The number of rotatable bonds is 3. The Morgan fingerprint density at radius 1 is 1.73 bits per heavy atom. The molecule has 1 N–H and O–H groups in total. The van der Waals surface area contributed by atoms with E-state index in [0.717, 1.165) is 11.8 Å². The van der Waals surface area contributed by atoms with Gasteiger partial charge >= 0.3 is 0 Å². The van der Waals surface area contributed by atoms with Crippen molar-refractivity contribution >= 4 is 6.29 Å². The van der Waals surface area contributed by atoms with Crippen molar-refractivity contribution in [2.75, 3.05) is 7.11 Å². The number of H-pyrrole nitrogens is 1. The molecule has 0 aromatic carbocycles. The second-order valence-electron chi connectivity index (χ2n) is 2.34. The highest BCUT2D eigenvalue weighted by Gasteiger charge is 2.08. The van der Waals surface area contributed by atoms with E-state index in [1.54, 1.807) is 13.3 Å². The van der Waals surface area contributed by atoms with Gasteiger partial charge in [-0.15, -0.1) is 0 Å². The zero-order valence-corrected chi connectivity index (χ0v) is 6.63. The zero-order valence-electron chi connectivity index (χ0n) is 6.63. The maximum absolute atomic E-state index is 10.4. The van der Waals surface area contributed by atoms with Crippen LogP contribution < -0.4 is 0 Å². The summed E-state index contributed by atoms with van der Waals surface area (Å²) in [6.45, 7) is 1.90. The molecule has 1 aromatic heterocycles. The fourth-order valence-corrected chi connectivity index (χ4v) is 0.978. The Kier molecular flexibility index (Phi) is 2.44. The predicted octanol–water partition coefficient (Wildman–Crippen LogP) is 1.53. The topological polar surface area (TPSA) is 42.1 Å². The Bertz CT molecular complexity index is 242. The zero-order chi connectivity index (χ0) is 8.27. The average molecular weight is 153 g/mol. The molecular weight excluding hydrogens is 142 g/mol. The molecule has 1 unspecified atom stereocenters. The normalized spacial score (nSPS) is 12.9. The molecule has 1 aromatic rings. The van der Waals surface area contributed by atoms with Gasteiger partial charge < -0.3 is 9.72 Å². The van der Waals surface area contributed by atoms with Crippen LogP contribution >= 0.6 is 0 Å². The minimum atomic E-state index is -0.0264. The molecule has 0 aliphatic heterocycles. The van der Waals surface area contributed by atoms with Crippen LogP contribution in [0.3, 0.4) is 0 Å². The Labute approximate surface area is 65.4 Å². The van der Waals surface area contributed by atoms with E-state index in [0.29, 0.717) is 5.69 Å². The lowest BCUT2D eigenvalue weighted by atomic mass is 10.1. The van der Waals surface area contributed by atoms with Crippen molar-refractivity contribution in [2.24, 2.45) is 0 Å². The average Bonchev–Trinajstić information content (AvgIpc) is 2.50. The van der Waals surface area contributed by atoms with Crippen LogP contribution in [-0.2, 0) is 4.74 Å². The molecule has 0 saturated heterocycles. The smallest absolute Gasteiger partial charge is 0.166 e. The van der Waals surface area contributed by atoms with Gasteiger partial charge in [-0.25, -0.2) is 0 Å². The molecule has 1 heterocycles. The Balaban J connectivity index is 2.92. The standard InChI is InChI=1S/C8H11NO2/c1-6(11-2)7-3-4-9-8(7)5-10/h3-6,9H,1-2H3. The van der Waals surface area contributed by atoms with Crippen LogP contribution in [0.1, 0.15) is 29.1 Å². The number of aldehydes is 1. The van der Waals surface area contributed by atoms with Gasteiger partial charge in [-0.1, -0.05) is 0 Å². The van der Waals surface area contributed by atoms with Crippen molar-refractivity contribution in [3.05, 3.63) is 23.5 Å². The van der Waals surface area contributed by atoms with Gasteiger partial charge in [0.15, 0.2) is 6.29 Å². The van der Waals surface area contributed by atoms with Gasteiger partial charge in [0.2, 0.25) is 0 Å². The van der Waals surface area contributed by atoms with Crippen molar-refractivity contribution in [2.45, 2.75) is 13.0 Å². The van der Waals surface area contributed by atoms with Crippen LogP contribution in [0.25, 0.3) is 0 Å². The highest BCUT2D eigenvalue weighted by atomic mass is 16.5. The number of hydrogen-bond donors (Lipinski definition) is 1. The van der Waals surface area contributed by atoms with E-state index in [1.807, 2.05) is 13.0 Å². The number of aromatic amines is 1. The molecule has 0 amide bonds. The molecular formula is C8H11NO2. The molecule has 3 heteroatoms. The molecule has 0 aliphatic rings. The van der Waals surface area contributed by atoms with E-state index >= 15 is 0 Å². The lowest BCUT2D eigenvalue weighted by Crippen LogP contribution is -1.97. The quantitative estimate of drug-likeness (QED) is 0.669. The third-order valence-corrected chi connectivity index (χ3v) is 1.72. The molecule has 0 spiro atoms. The van der Waals surface area contributed by atoms with E-state index in [9.17, 15) is 4.79 Å². The predicted molar refractivity (Wildman–Crippen MR) is 41.6 cm³/mol. The van der Waals surface area contributed by atoms with E-state index in [4.69, 9.17) is 4.74 Å². The second kappa shape index (κ2) is 3.34. The summed E-state index contributed by atoms with van der Waals surface area (Å²) in [7, 11) is 1.62. The van der Waals surface area contributed by atoms with Gasteiger partial charge in [-0.05, 0) is 13.0 Å². The molecule has 1 atom stereocenters. The molecule has 0 radical (unpaired) electrons. The summed E-state index contributed by atoms with van der Waals surface area (Å²) < 4.78 is 5.06. The van der Waals surface area contributed by atoms with Gasteiger partial charge in [0.25, 0.3) is 0 Å². The highest BCUT2D eigenvalue weighted by molar-refractivity contribution is 5.74. The first-order valence-electron chi connectivity index (χ1n) is 3.45. The minimum Gasteiger partial charge on any atom is -0.377 e. The maximum atomic E-state index is 10.4. The third-order valence-electron chi connectivity index (χ3n) is 1.72. The number of hydrogen-bond acceptors (Lipinski definition) is 2. The van der Waals surface area contributed by atoms with Crippen LogP contribution in [0.4, 0.5) is 0 Å². The van der Waals surface area contributed by atoms with Crippen LogP contribution in [0.15, 0.2) is 12.3 Å². The van der Waals surface area contributed by atoms with E-state index in [2.05, 4.69) is 4.98 Å². The van der Waals surface area contributed by atoms with E-state index < -0.39 is 0 Å². The molecule has 0 saturated carbocycles. The van der Waals surface area contributed by atoms with Gasteiger partial charge in [-0.3, -0.25) is 4.79 Å². The summed E-state index contributed by atoms with van der Waals surface area (Å²) in [6, 6.07) is 1.85. The number of methoxy groups -OCH3 is 1. The largest absolute Gasteiger partial charge is 0.377 e. The maximum Gasteiger partial charge on any atom is 0.166 e. The fourth-order valence-electron chi connectivity index (χ4n) is 0.978. The van der Waals surface area contributed by atoms with Crippen LogP contribution in [0.2, 0.25) is 0 Å². The van der Waals surface area contributed by atoms with Crippen molar-refractivity contribution < 1.29 is 9.53 Å². The minimum absolute atomic E-state index is 0.0264. The Morgan fingerprint density at radius 3 is 3.00 bits per heavy atom. The number of ether oxygens (including phenoxy) is 1. The van der Waals surface area contributed by atoms with Crippen LogP contribution in [0, 0.1) is 0 Å². The summed E-state index contributed by atoms with van der Waals surface area (Å²) in [5.41, 5.74) is 1.50. The Hall–Kier alpha value is -1.09. The number of carbonyl (C=O) groups excluding carboxylic acids is 1. The fraction of sp³-hybridized carbons (Fsp3) is 0.375. The molecule has 0 fully saturated rings. The first-order valence-corrected chi connectivity index (χ1v) is 3.45. The van der Waals surface area contributed by atoms with Gasteiger partial charge in [0.05, 0.1) is 11.8 Å². The van der Waals surface area contributed by atoms with Gasteiger partial charge in [0.1, 0.15) is 0 Å². The van der Waals surface area contributed by atoms with Crippen molar-refractivity contribution in [1.29, 1.82) is 0 Å². The monoisotopic (exact) mass is 153 g/mol. The summed E-state index contributed by atoms with van der Waals surface area (Å²) in [5, 5.41) is 0.